The van der Waals surface area contributed by atoms with Crippen molar-refractivity contribution in [2.45, 2.75) is 7.43 Å². The van der Waals surface area contributed by atoms with E-state index < -0.39 is 0 Å². The van der Waals surface area contributed by atoms with E-state index in [-0.39, 0.29) is 7.43 Å². The summed E-state index contributed by atoms with van der Waals surface area (Å²) >= 11 is 0. The molecule has 0 bridgehead atoms. The van der Waals surface area contributed by atoms with Crippen molar-refractivity contribution in [3.63, 3.8) is 0 Å². The summed E-state index contributed by atoms with van der Waals surface area (Å²) in [6.07, 6.45) is 0. The van der Waals surface area contributed by atoms with Crippen LogP contribution in [0.3, 0.4) is 0 Å². The van der Waals surface area contributed by atoms with Gasteiger partial charge in [0.25, 0.3) is 0 Å². The van der Waals surface area contributed by atoms with E-state index in [2.05, 4.69) is 5.32 Å². The highest BCUT2D eigenvalue weighted by Crippen LogP contribution is 2.08. The Morgan fingerprint density at radius 1 is 1.20 bits per heavy atom. The van der Waals surface area contributed by atoms with Gasteiger partial charge in [0.05, 0.1) is 0 Å². The molecular weight excluding hydrogens is 124 g/mol. The average Bonchev–Trinajstić information content (AvgIpc) is 1.90. The molecule has 10 heavy (non-hydrogen) atoms. The first kappa shape index (κ1) is 8.82. The highest BCUT2D eigenvalue weighted by atomic mass is 14.8. The lowest BCUT2D eigenvalue weighted by atomic mass is 10.3. The Morgan fingerprint density at radius 3 is 2.10 bits per heavy atom. The van der Waals surface area contributed by atoms with Gasteiger partial charge < -0.3 is 11.1 Å². The molecule has 0 aromatic heterocycles. The molecule has 2 nitrogen and oxygen atoms in total. The lowest BCUT2D eigenvalue weighted by molar-refractivity contribution is 1.51. The maximum atomic E-state index is 5.45. The first-order valence-corrected chi connectivity index (χ1v) is 2.86. The maximum Gasteiger partial charge on any atom is 0.0339 e. The summed E-state index contributed by atoms with van der Waals surface area (Å²) in [6, 6.07) is 7.61. The van der Waals surface area contributed by atoms with Gasteiger partial charge in [0.2, 0.25) is 0 Å². The smallest absolute Gasteiger partial charge is 0.0339 e. The number of benzene rings is 1. The first-order chi connectivity index (χ1) is 4.33. The number of nitrogens with two attached hydrogens (primary N) is 1. The van der Waals surface area contributed by atoms with Crippen molar-refractivity contribution < 1.29 is 0 Å². The second kappa shape index (κ2) is 3.77. The number of nitrogens with one attached hydrogen (secondary N) is 1. The van der Waals surface area contributed by atoms with Gasteiger partial charge in [0.15, 0.2) is 0 Å². The zero-order valence-electron chi connectivity index (χ0n) is 5.39. The molecule has 0 aliphatic heterocycles. The summed E-state index contributed by atoms with van der Waals surface area (Å²) in [7, 11) is 1.88. The van der Waals surface area contributed by atoms with Crippen molar-refractivity contribution in [2.24, 2.45) is 0 Å². The van der Waals surface area contributed by atoms with Gasteiger partial charge in [-0.3, -0.25) is 0 Å². The van der Waals surface area contributed by atoms with Crippen LogP contribution in [0.5, 0.6) is 0 Å². The molecule has 56 valence electrons. The van der Waals surface area contributed by atoms with Crippen LogP contribution < -0.4 is 11.1 Å². The van der Waals surface area contributed by atoms with E-state index in [0.717, 1.165) is 11.4 Å². The third kappa shape index (κ3) is 1.97. The molecular formula is C8H14N2. The summed E-state index contributed by atoms with van der Waals surface area (Å²) in [5.41, 5.74) is 7.34. The molecule has 0 saturated carbocycles. The number of anilines is 2. The van der Waals surface area contributed by atoms with Crippen LogP contribution >= 0.6 is 0 Å². The standard InChI is InChI=1S/C7H10N2.CH4/c1-9-7-4-2-6(8)3-5-7;/h2-5,9H,8H2,1H3;1H4. The first-order valence-electron chi connectivity index (χ1n) is 2.86. The van der Waals surface area contributed by atoms with Gasteiger partial charge in [0.1, 0.15) is 0 Å². The fourth-order valence-corrected chi connectivity index (χ4v) is 0.650. The highest BCUT2D eigenvalue weighted by Gasteiger charge is 1.84. The van der Waals surface area contributed by atoms with Crippen molar-refractivity contribution in [1.82, 2.24) is 0 Å². The van der Waals surface area contributed by atoms with Gasteiger partial charge in [-0.2, -0.15) is 0 Å². The molecule has 0 amide bonds. The van der Waals surface area contributed by atoms with Crippen LogP contribution in [0.4, 0.5) is 11.4 Å². The Labute approximate surface area is 62.1 Å². The third-order valence-corrected chi connectivity index (χ3v) is 1.20. The van der Waals surface area contributed by atoms with Crippen LogP contribution in [0.15, 0.2) is 24.3 Å². The molecule has 0 fully saturated rings. The fourth-order valence-electron chi connectivity index (χ4n) is 0.650. The minimum absolute atomic E-state index is 0. The molecule has 1 aromatic rings. The van der Waals surface area contributed by atoms with Gasteiger partial charge in [0, 0.05) is 18.4 Å². The quantitative estimate of drug-likeness (QED) is 0.582. The molecule has 1 aromatic carbocycles. The van der Waals surface area contributed by atoms with Crippen LogP contribution in [0.1, 0.15) is 7.43 Å². The Balaban J connectivity index is 0.000000810. The Hall–Kier alpha value is -1.18. The molecule has 0 heterocycles. The van der Waals surface area contributed by atoms with E-state index in [9.17, 15) is 0 Å². The van der Waals surface area contributed by atoms with Crippen LogP contribution in [0.2, 0.25) is 0 Å². The maximum absolute atomic E-state index is 5.45. The molecule has 0 aliphatic rings. The van der Waals surface area contributed by atoms with Crippen LogP contribution in [-0.2, 0) is 0 Å². The second-order valence-electron chi connectivity index (χ2n) is 1.87. The van der Waals surface area contributed by atoms with Gasteiger partial charge >= 0.3 is 0 Å². The third-order valence-electron chi connectivity index (χ3n) is 1.20. The van der Waals surface area contributed by atoms with E-state index in [1.54, 1.807) is 0 Å². The van der Waals surface area contributed by atoms with Gasteiger partial charge in [-0.25, -0.2) is 0 Å². The molecule has 0 radical (unpaired) electrons. The summed E-state index contributed by atoms with van der Waals surface area (Å²) < 4.78 is 0. The molecule has 0 aliphatic carbocycles. The minimum atomic E-state index is 0. The zero-order chi connectivity index (χ0) is 6.69. The normalized spacial score (nSPS) is 8.10. The van der Waals surface area contributed by atoms with E-state index in [1.807, 2.05) is 31.3 Å². The number of nitrogen functional groups attached to an aromatic ring is 1. The summed E-state index contributed by atoms with van der Waals surface area (Å²) in [6.45, 7) is 0. The minimum Gasteiger partial charge on any atom is -0.399 e. The van der Waals surface area contributed by atoms with Crippen molar-refractivity contribution in [1.29, 1.82) is 0 Å². The lowest BCUT2D eigenvalue weighted by Crippen LogP contribution is -1.88. The van der Waals surface area contributed by atoms with Gasteiger partial charge in [-0.05, 0) is 24.3 Å². The van der Waals surface area contributed by atoms with Crippen molar-refractivity contribution in [3.8, 4) is 0 Å². The van der Waals surface area contributed by atoms with Gasteiger partial charge in [-0.1, -0.05) is 7.43 Å². The van der Waals surface area contributed by atoms with E-state index in [4.69, 9.17) is 5.73 Å². The fraction of sp³-hybridized carbons (Fsp3) is 0.250. The van der Waals surface area contributed by atoms with Crippen LogP contribution in [-0.4, -0.2) is 7.05 Å². The molecule has 0 atom stereocenters. The lowest BCUT2D eigenvalue weighted by Gasteiger charge is -1.97. The summed E-state index contributed by atoms with van der Waals surface area (Å²) in [5.74, 6) is 0. The summed E-state index contributed by atoms with van der Waals surface area (Å²) in [4.78, 5) is 0. The summed E-state index contributed by atoms with van der Waals surface area (Å²) in [5, 5.41) is 3.00. The SMILES string of the molecule is C.CNc1ccc(N)cc1. The van der Waals surface area contributed by atoms with Crippen LogP contribution in [0.25, 0.3) is 0 Å². The predicted octanol–water partition coefficient (Wildman–Crippen LogP) is 1.95. The Bertz CT molecular complexity index is 179. The van der Waals surface area contributed by atoms with E-state index >= 15 is 0 Å². The number of hydrogen-bond donors (Lipinski definition) is 2. The molecule has 0 spiro atoms. The molecule has 1 rings (SSSR count). The Morgan fingerprint density at radius 2 is 1.70 bits per heavy atom. The van der Waals surface area contributed by atoms with Crippen molar-refractivity contribution >= 4 is 11.4 Å². The molecule has 0 unspecified atom stereocenters. The van der Waals surface area contributed by atoms with Crippen LogP contribution in [0, 0.1) is 0 Å². The van der Waals surface area contributed by atoms with E-state index in [1.165, 1.54) is 0 Å². The predicted molar refractivity (Wildman–Crippen MR) is 47.1 cm³/mol. The topological polar surface area (TPSA) is 38.0 Å². The largest absolute Gasteiger partial charge is 0.399 e. The zero-order valence-corrected chi connectivity index (χ0v) is 5.39. The molecule has 2 heteroatoms. The highest BCUT2D eigenvalue weighted by molar-refractivity contribution is 5.50. The molecule has 3 N–H and O–H groups in total. The van der Waals surface area contributed by atoms with Gasteiger partial charge in [-0.15, -0.1) is 0 Å². The molecule has 0 saturated heterocycles. The van der Waals surface area contributed by atoms with Crippen molar-refractivity contribution in [2.75, 3.05) is 18.1 Å². The average molecular weight is 138 g/mol. The second-order valence-corrected chi connectivity index (χ2v) is 1.87. The van der Waals surface area contributed by atoms with Crippen molar-refractivity contribution in [3.05, 3.63) is 24.3 Å². The Kier molecular flexibility index (Phi) is 3.33. The van der Waals surface area contributed by atoms with E-state index in [0.29, 0.717) is 0 Å². The number of rotatable bonds is 1. The monoisotopic (exact) mass is 138 g/mol. The number of hydrogen-bond acceptors (Lipinski definition) is 2.